The summed E-state index contributed by atoms with van der Waals surface area (Å²) in [6.07, 6.45) is 6.62. The molecule has 1 saturated heterocycles. The van der Waals surface area contributed by atoms with E-state index < -0.39 is 0 Å². The Bertz CT molecular complexity index is 755. The largest absolute Gasteiger partial charge is 0.497 e. The summed E-state index contributed by atoms with van der Waals surface area (Å²) in [6.45, 7) is 1.81. The van der Waals surface area contributed by atoms with Gasteiger partial charge in [-0.1, -0.05) is 18.9 Å². The van der Waals surface area contributed by atoms with Crippen molar-refractivity contribution in [2.75, 3.05) is 33.9 Å². The average Bonchev–Trinajstić information content (AvgIpc) is 3.23. The summed E-state index contributed by atoms with van der Waals surface area (Å²) in [5.74, 6) is 2.15. The molecule has 0 aromatic heterocycles. The van der Waals surface area contributed by atoms with Crippen molar-refractivity contribution in [2.45, 2.75) is 44.4 Å². The summed E-state index contributed by atoms with van der Waals surface area (Å²) in [5, 5.41) is 3.13. The maximum Gasteiger partial charge on any atom is 0.225 e. The zero-order valence-electron chi connectivity index (χ0n) is 17.5. The van der Waals surface area contributed by atoms with E-state index in [0.717, 1.165) is 43.5 Å². The van der Waals surface area contributed by atoms with Gasteiger partial charge in [0.1, 0.15) is 11.5 Å². The summed E-state index contributed by atoms with van der Waals surface area (Å²) in [4.78, 5) is 28.0. The summed E-state index contributed by atoms with van der Waals surface area (Å²) in [5.41, 5.74) is 0.974. The number of benzene rings is 1. The minimum atomic E-state index is -0.249. The lowest BCUT2D eigenvalue weighted by Gasteiger charge is -2.21. The first-order valence-electron chi connectivity index (χ1n) is 10.9. The Balaban J connectivity index is 1.57. The number of ether oxygens (including phenoxy) is 2. The summed E-state index contributed by atoms with van der Waals surface area (Å²) >= 11 is 0. The molecule has 1 N–H and O–H groups in total. The van der Waals surface area contributed by atoms with Gasteiger partial charge in [-0.05, 0) is 37.7 Å². The molecule has 3 fully saturated rings. The molecule has 4 rings (SSSR count). The van der Waals surface area contributed by atoms with Crippen LogP contribution in [0, 0.1) is 17.8 Å². The third-order valence-corrected chi connectivity index (χ3v) is 6.77. The molecule has 2 unspecified atom stereocenters. The Morgan fingerprint density at radius 1 is 1.07 bits per heavy atom. The zero-order valence-corrected chi connectivity index (χ0v) is 17.5. The van der Waals surface area contributed by atoms with Gasteiger partial charge in [0.25, 0.3) is 0 Å². The number of hydrogen-bond donors (Lipinski definition) is 1. The van der Waals surface area contributed by atoms with E-state index in [4.69, 9.17) is 9.47 Å². The summed E-state index contributed by atoms with van der Waals surface area (Å²) in [7, 11) is 3.26. The second kappa shape index (κ2) is 8.64. The van der Waals surface area contributed by atoms with Crippen molar-refractivity contribution in [3.05, 3.63) is 23.8 Å². The molecule has 0 bridgehead atoms. The van der Waals surface area contributed by atoms with Gasteiger partial charge in [-0.3, -0.25) is 9.59 Å². The first-order chi connectivity index (χ1) is 14.1. The lowest BCUT2D eigenvalue weighted by molar-refractivity contribution is -0.134. The van der Waals surface area contributed by atoms with E-state index in [1.54, 1.807) is 14.2 Å². The van der Waals surface area contributed by atoms with Gasteiger partial charge in [0.15, 0.2) is 0 Å². The highest BCUT2D eigenvalue weighted by Gasteiger charge is 2.43. The molecule has 2 amide bonds. The summed E-state index contributed by atoms with van der Waals surface area (Å²) in [6, 6.07) is 5.74. The van der Waals surface area contributed by atoms with E-state index in [-0.39, 0.29) is 29.6 Å². The van der Waals surface area contributed by atoms with Crippen LogP contribution < -0.4 is 14.8 Å². The second-order valence-electron chi connectivity index (χ2n) is 8.73. The van der Waals surface area contributed by atoms with Crippen LogP contribution in [-0.4, -0.2) is 50.6 Å². The zero-order chi connectivity index (χ0) is 20.4. The van der Waals surface area contributed by atoms with Gasteiger partial charge in [0, 0.05) is 43.1 Å². The molecule has 29 heavy (non-hydrogen) atoms. The fourth-order valence-corrected chi connectivity index (χ4v) is 4.82. The molecule has 2 atom stereocenters. The number of likely N-dealkylation sites (tertiary alicyclic amines) is 1. The van der Waals surface area contributed by atoms with Crippen molar-refractivity contribution < 1.29 is 19.1 Å². The smallest absolute Gasteiger partial charge is 0.225 e. The van der Waals surface area contributed by atoms with Crippen molar-refractivity contribution >= 4 is 11.8 Å². The maximum absolute atomic E-state index is 13.1. The van der Waals surface area contributed by atoms with Gasteiger partial charge in [-0.15, -0.1) is 0 Å². The van der Waals surface area contributed by atoms with Crippen LogP contribution in [0.25, 0.3) is 0 Å². The van der Waals surface area contributed by atoms with Crippen LogP contribution in [0.3, 0.4) is 0 Å². The Morgan fingerprint density at radius 2 is 1.83 bits per heavy atom. The SMILES string of the molecule is COc1ccc(C2CN(C(=O)C3CCCC3)CC2C(=O)NCC2CC2)c(OC)c1. The fraction of sp³-hybridized carbons (Fsp3) is 0.652. The van der Waals surface area contributed by atoms with E-state index in [2.05, 4.69) is 5.32 Å². The Kier molecular flexibility index (Phi) is 5.97. The molecule has 6 nitrogen and oxygen atoms in total. The predicted octanol–water partition coefficient (Wildman–Crippen LogP) is 2.96. The third-order valence-electron chi connectivity index (χ3n) is 6.77. The molecule has 0 spiro atoms. The molecule has 1 aromatic rings. The molecule has 3 aliphatic rings. The highest BCUT2D eigenvalue weighted by Crippen LogP contribution is 2.41. The highest BCUT2D eigenvalue weighted by molar-refractivity contribution is 5.84. The maximum atomic E-state index is 13.1. The number of amides is 2. The molecule has 1 aliphatic heterocycles. The van der Waals surface area contributed by atoms with Crippen LogP contribution in [0.4, 0.5) is 0 Å². The van der Waals surface area contributed by atoms with Crippen LogP contribution in [0.2, 0.25) is 0 Å². The topological polar surface area (TPSA) is 67.9 Å². The van der Waals surface area contributed by atoms with E-state index in [1.807, 2.05) is 23.1 Å². The molecule has 1 heterocycles. The number of carbonyl (C=O) groups excluding carboxylic acids is 2. The molecule has 0 radical (unpaired) electrons. The normalized spacial score (nSPS) is 24.6. The lowest BCUT2D eigenvalue weighted by Crippen LogP contribution is -2.37. The van der Waals surface area contributed by atoms with Gasteiger partial charge in [-0.25, -0.2) is 0 Å². The van der Waals surface area contributed by atoms with E-state index >= 15 is 0 Å². The predicted molar refractivity (Wildman–Crippen MR) is 110 cm³/mol. The number of carbonyl (C=O) groups is 2. The van der Waals surface area contributed by atoms with Gasteiger partial charge < -0.3 is 19.7 Å². The number of methoxy groups -OCH3 is 2. The van der Waals surface area contributed by atoms with Crippen molar-refractivity contribution in [1.29, 1.82) is 0 Å². The van der Waals surface area contributed by atoms with E-state index in [1.165, 1.54) is 12.8 Å². The summed E-state index contributed by atoms with van der Waals surface area (Å²) < 4.78 is 10.9. The monoisotopic (exact) mass is 400 g/mol. The van der Waals surface area contributed by atoms with Crippen LogP contribution in [-0.2, 0) is 9.59 Å². The van der Waals surface area contributed by atoms with Gasteiger partial charge in [0.05, 0.1) is 20.1 Å². The quantitative estimate of drug-likeness (QED) is 0.764. The molecule has 2 saturated carbocycles. The third kappa shape index (κ3) is 4.36. The Hall–Kier alpha value is -2.24. The molecular formula is C23H32N2O4. The minimum Gasteiger partial charge on any atom is -0.497 e. The van der Waals surface area contributed by atoms with Crippen molar-refractivity contribution in [3.63, 3.8) is 0 Å². The Labute approximate surface area is 172 Å². The highest BCUT2D eigenvalue weighted by atomic mass is 16.5. The molecular weight excluding hydrogens is 368 g/mol. The van der Waals surface area contributed by atoms with Crippen LogP contribution in [0.1, 0.15) is 50.0 Å². The molecule has 6 heteroatoms. The standard InChI is InChI=1S/C23H32N2O4/c1-28-17-9-10-18(21(11-17)29-2)19-13-25(23(27)16-5-3-4-6-16)14-20(19)22(26)24-12-15-7-8-15/h9-11,15-16,19-20H,3-8,12-14H2,1-2H3,(H,24,26). The number of nitrogens with zero attached hydrogens (tertiary/aromatic N) is 1. The van der Waals surface area contributed by atoms with Crippen LogP contribution in [0.5, 0.6) is 11.5 Å². The lowest BCUT2D eigenvalue weighted by atomic mass is 9.87. The minimum absolute atomic E-state index is 0.0569. The van der Waals surface area contributed by atoms with Crippen LogP contribution in [0.15, 0.2) is 18.2 Å². The second-order valence-corrected chi connectivity index (χ2v) is 8.73. The van der Waals surface area contributed by atoms with E-state index in [9.17, 15) is 9.59 Å². The van der Waals surface area contributed by atoms with Gasteiger partial charge in [0.2, 0.25) is 11.8 Å². The first-order valence-corrected chi connectivity index (χ1v) is 10.9. The van der Waals surface area contributed by atoms with E-state index in [0.29, 0.717) is 24.8 Å². The number of nitrogens with one attached hydrogen (secondary N) is 1. The van der Waals surface area contributed by atoms with Gasteiger partial charge in [-0.2, -0.15) is 0 Å². The van der Waals surface area contributed by atoms with Crippen LogP contribution >= 0.6 is 0 Å². The fourth-order valence-electron chi connectivity index (χ4n) is 4.82. The molecule has 158 valence electrons. The van der Waals surface area contributed by atoms with Gasteiger partial charge >= 0.3 is 0 Å². The van der Waals surface area contributed by atoms with Crippen molar-refractivity contribution in [1.82, 2.24) is 10.2 Å². The Morgan fingerprint density at radius 3 is 2.48 bits per heavy atom. The first kappa shape index (κ1) is 20.0. The molecule has 1 aromatic carbocycles. The average molecular weight is 401 g/mol. The van der Waals surface area contributed by atoms with Crippen molar-refractivity contribution in [3.8, 4) is 11.5 Å². The number of rotatable bonds is 7. The van der Waals surface area contributed by atoms with Crippen molar-refractivity contribution in [2.24, 2.45) is 17.8 Å². The molecule has 2 aliphatic carbocycles. The number of hydrogen-bond acceptors (Lipinski definition) is 4.